The molecule has 0 saturated heterocycles. The Kier molecular flexibility index (Phi) is 5.94. The summed E-state index contributed by atoms with van der Waals surface area (Å²) in [5.74, 6) is -1.25. The molecular formula is C19H25N3O4S. The number of thiophene rings is 1. The summed E-state index contributed by atoms with van der Waals surface area (Å²) < 4.78 is 1.46. The number of carboxylic acids is 1. The van der Waals surface area contributed by atoms with E-state index < -0.39 is 12.0 Å². The molecule has 0 spiro atoms. The molecule has 0 aliphatic heterocycles. The number of rotatable bonds is 7. The van der Waals surface area contributed by atoms with Crippen molar-refractivity contribution in [3.05, 3.63) is 27.1 Å². The van der Waals surface area contributed by atoms with Crippen molar-refractivity contribution >= 4 is 33.4 Å². The number of carbonyl (C=O) groups is 2. The van der Waals surface area contributed by atoms with Crippen LogP contribution in [0.5, 0.6) is 0 Å². The maximum atomic E-state index is 12.9. The minimum absolute atomic E-state index is 0.0430. The van der Waals surface area contributed by atoms with Crippen LogP contribution in [0.2, 0.25) is 0 Å². The molecule has 2 heterocycles. The van der Waals surface area contributed by atoms with Gasteiger partial charge in [-0.1, -0.05) is 13.8 Å². The Morgan fingerprint density at radius 3 is 2.78 bits per heavy atom. The SMILES string of the molecule is CC(C)C[C@@H](NC(=O)CCn1cnc2sc3c(c2c1=O)CCCC3)C(=O)O. The molecule has 1 aliphatic rings. The molecule has 27 heavy (non-hydrogen) atoms. The Labute approximate surface area is 161 Å². The highest BCUT2D eigenvalue weighted by Gasteiger charge is 2.22. The molecular weight excluding hydrogens is 366 g/mol. The minimum Gasteiger partial charge on any atom is -0.480 e. The van der Waals surface area contributed by atoms with Gasteiger partial charge in [0.25, 0.3) is 5.56 Å². The summed E-state index contributed by atoms with van der Waals surface area (Å²) in [6.07, 6.45) is 6.05. The summed E-state index contributed by atoms with van der Waals surface area (Å²) in [7, 11) is 0. The molecule has 0 bridgehead atoms. The number of nitrogens with zero attached hydrogens (tertiary/aromatic N) is 2. The summed E-state index contributed by atoms with van der Waals surface area (Å²) in [6, 6.07) is -0.904. The maximum absolute atomic E-state index is 12.9. The van der Waals surface area contributed by atoms with Crippen molar-refractivity contribution in [2.45, 2.75) is 65.0 Å². The molecule has 2 aromatic heterocycles. The van der Waals surface area contributed by atoms with Crippen molar-refractivity contribution in [3.8, 4) is 0 Å². The number of aryl methyl sites for hydroxylation is 3. The third kappa shape index (κ3) is 4.37. The van der Waals surface area contributed by atoms with E-state index in [0.717, 1.165) is 36.1 Å². The minimum atomic E-state index is -1.04. The first-order valence-electron chi connectivity index (χ1n) is 9.38. The van der Waals surface area contributed by atoms with E-state index in [1.54, 1.807) is 11.3 Å². The van der Waals surface area contributed by atoms with E-state index in [1.807, 2.05) is 13.8 Å². The molecule has 7 nitrogen and oxygen atoms in total. The van der Waals surface area contributed by atoms with Gasteiger partial charge < -0.3 is 10.4 Å². The quantitative estimate of drug-likeness (QED) is 0.754. The third-order valence-corrected chi connectivity index (χ3v) is 6.06. The molecule has 1 amide bonds. The van der Waals surface area contributed by atoms with Crippen molar-refractivity contribution < 1.29 is 14.7 Å². The number of hydrogen-bond donors (Lipinski definition) is 2. The number of carbonyl (C=O) groups excluding carboxylic acids is 1. The van der Waals surface area contributed by atoms with Crippen molar-refractivity contribution in [1.82, 2.24) is 14.9 Å². The first kappa shape index (κ1) is 19.5. The van der Waals surface area contributed by atoms with Crippen LogP contribution < -0.4 is 10.9 Å². The van der Waals surface area contributed by atoms with Gasteiger partial charge in [0.2, 0.25) is 5.91 Å². The second-order valence-electron chi connectivity index (χ2n) is 7.47. The zero-order valence-electron chi connectivity index (χ0n) is 15.7. The standard InChI is InChI=1S/C19H25N3O4S/c1-11(2)9-13(19(25)26)21-15(23)7-8-22-10-20-17-16(18(22)24)12-5-3-4-6-14(12)27-17/h10-11,13H,3-9H2,1-2H3,(H,21,23)(H,25,26)/t13-/m1/s1. The Balaban J connectivity index is 1.71. The average molecular weight is 391 g/mol. The lowest BCUT2D eigenvalue weighted by atomic mass is 9.97. The number of nitrogens with one attached hydrogen (secondary N) is 1. The van der Waals surface area contributed by atoms with Crippen LogP contribution in [-0.2, 0) is 29.0 Å². The van der Waals surface area contributed by atoms with Gasteiger partial charge in [-0.25, -0.2) is 9.78 Å². The predicted octanol–water partition coefficient (Wildman–Crippen LogP) is 2.34. The number of aliphatic carboxylic acids is 1. The van der Waals surface area contributed by atoms with E-state index in [0.29, 0.717) is 11.8 Å². The molecule has 1 aliphatic carbocycles. The summed E-state index contributed by atoms with van der Waals surface area (Å²) in [4.78, 5) is 42.7. The number of hydrogen-bond acceptors (Lipinski definition) is 5. The van der Waals surface area contributed by atoms with Gasteiger partial charge >= 0.3 is 5.97 Å². The Bertz CT molecular complexity index is 916. The highest BCUT2D eigenvalue weighted by molar-refractivity contribution is 7.18. The van der Waals surface area contributed by atoms with Crippen LogP contribution in [0.25, 0.3) is 10.2 Å². The number of amides is 1. The van der Waals surface area contributed by atoms with Crippen LogP contribution in [0.15, 0.2) is 11.1 Å². The fraction of sp³-hybridized carbons (Fsp3) is 0.579. The highest BCUT2D eigenvalue weighted by atomic mass is 32.1. The molecule has 146 valence electrons. The lowest BCUT2D eigenvalue weighted by Crippen LogP contribution is -2.42. The van der Waals surface area contributed by atoms with Gasteiger partial charge in [0.05, 0.1) is 11.7 Å². The van der Waals surface area contributed by atoms with Crippen LogP contribution in [0.3, 0.4) is 0 Å². The molecule has 0 unspecified atom stereocenters. The first-order chi connectivity index (χ1) is 12.9. The fourth-order valence-corrected chi connectivity index (χ4v) is 4.74. The van der Waals surface area contributed by atoms with E-state index in [-0.39, 0.29) is 30.3 Å². The highest BCUT2D eigenvalue weighted by Crippen LogP contribution is 2.33. The largest absolute Gasteiger partial charge is 0.480 e. The van der Waals surface area contributed by atoms with Crippen molar-refractivity contribution in [1.29, 1.82) is 0 Å². The van der Waals surface area contributed by atoms with Gasteiger partial charge in [-0.05, 0) is 43.6 Å². The van der Waals surface area contributed by atoms with E-state index in [1.165, 1.54) is 15.8 Å². The second kappa shape index (κ2) is 8.21. The van der Waals surface area contributed by atoms with E-state index in [2.05, 4.69) is 10.3 Å². The Hall–Kier alpha value is -2.22. The molecule has 0 fully saturated rings. The van der Waals surface area contributed by atoms with Crippen LogP contribution >= 0.6 is 11.3 Å². The van der Waals surface area contributed by atoms with Crippen molar-refractivity contribution in [2.24, 2.45) is 5.92 Å². The molecule has 1 atom stereocenters. The summed E-state index contributed by atoms with van der Waals surface area (Å²) in [5, 5.41) is 12.5. The normalized spacial score (nSPS) is 14.9. The van der Waals surface area contributed by atoms with Crippen LogP contribution in [0.4, 0.5) is 0 Å². The smallest absolute Gasteiger partial charge is 0.326 e. The maximum Gasteiger partial charge on any atom is 0.326 e. The summed E-state index contributed by atoms with van der Waals surface area (Å²) in [5.41, 5.74) is 1.02. The number of aromatic nitrogens is 2. The van der Waals surface area contributed by atoms with Crippen LogP contribution in [0, 0.1) is 5.92 Å². The zero-order chi connectivity index (χ0) is 19.6. The van der Waals surface area contributed by atoms with Gasteiger partial charge in [0.1, 0.15) is 10.9 Å². The molecule has 0 aromatic carbocycles. The Morgan fingerprint density at radius 1 is 1.33 bits per heavy atom. The average Bonchev–Trinajstić information content (AvgIpc) is 2.99. The molecule has 3 rings (SSSR count). The van der Waals surface area contributed by atoms with E-state index in [4.69, 9.17) is 0 Å². The Morgan fingerprint density at radius 2 is 2.07 bits per heavy atom. The van der Waals surface area contributed by atoms with E-state index in [9.17, 15) is 19.5 Å². The molecule has 2 aromatic rings. The number of fused-ring (bicyclic) bond motifs is 3. The van der Waals surface area contributed by atoms with Gasteiger partial charge in [-0.2, -0.15) is 0 Å². The van der Waals surface area contributed by atoms with Crippen molar-refractivity contribution in [2.75, 3.05) is 0 Å². The summed E-state index contributed by atoms with van der Waals surface area (Å²) in [6.45, 7) is 4.00. The fourth-order valence-electron chi connectivity index (χ4n) is 3.52. The molecule has 0 saturated carbocycles. The molecule has 2 N–H and O–H groups in total. The van der Waals surface area contributed by atoms with Crippen LogP contribution in [0.1, 0.15) is 50.0 Å². The third-order valence-electron chi connectivity index (χ3n) is 4.86. The lowest BCUT2D eigenvalue weighted by Gasteiger charge is -2.16. The monoisotopic (exact) mass is 391 g/mol. The van der Waals surface area contributed by atoms with Gasteiger partial charge in [0.15, 0.2) is 0 Å². The van der Waals surface area contributed by atoms with Gasteiger partial charge in [-0.15, -0.1) is 11.3 Å². The van der Waals surface area contributed by atoms with E-state index >= 15 is 0 Å². The molecule has 8 heteroatoms. The topological polar surface area (TPSA) is 101 Å². The van der Waals surface area contributed by atoms with Crippen molar-refractivity contribution in [3.63, 3.8) is 0 Å². The van der Waals surface area contributed by atoms with Crippen LogP contribution in [-0.4, -0.2) is 32.6 Å². The zero-order valence-corrected chi connectivity index (χ0v) is 16.5. The summed E-state index contributed by atoms with van der Waals surface area (Å²) >= 11 is 1.60. The predicted molar refractivity (Wildman–Crippen MR) is 104 cm³/mol. The number of carboxylic acid groups (broad SMARTS) is 1. The molecule has 0 radical (unpaired) electrons. The van der Waals surface area contributed by atoms with Gasteiger partial charge in [-0.3, -0.25) is 14.2 Å². The lowest BCUT2D eigenvalue weighted by molar-refractivity contribution is -0.142. The second-order valence-corrected chi connectivity index (χ2v) is 8.56. The van der Waals surface area contributed by atoms with Gasteiger partial charge in [0, 0.05) is 17.8 Å². The first-order valence-corrected chi connectivity index (χ1v) is 10.2.